The van der Waals surface area contributed by atoms with Crippen molar-refractivity contribution in [3.63, 3.8) is 0 Å². The number of ether oxygens (including phenoxy) is 2. The summed E-state index contributed by atoms with van der Waals surface area (Å²) in [4.78, 5) is 30.3. The lowest BCUT2D eigenvalue weighted by atomic mass is 9.68. The Kier molecular flexibility index (Phi) is 5.14. The van der Waals surface area contributed by atoms with Crippen LogP contribution in [0.5, 0.6) is 0 Å². The molecular weight excluding hydrogens is 366 g/mol. The highest BCUT2D eigenvalue weighted by atomic mass is 16.6. The van der Waals surface area contributed by atoms with Gasteiger partial charge in [-0.15, -0.1) is 6.58 Å². The first-order valence-electron chi connectivity index (χ1n) is 10.1. The van der Waals surface area contributed by atoms with Crippen molar-refractivity contribution in [3.8, 4) is 0 Å². The molecule has 3 rings (SSSR count). The lowest BCUT2D eigenvalue weighted by Gasteiger charge is -2.39. The molecule has 0 saturated heterocycles. The van der Waals surface area contributed by atoms with E-state index in [0.717, 1.165) is 22.2 Å². The molecule has 5 nitrogen and oxygen atoms in total. The molecule has 0 amide bonds. The van der Waals surface area contributed by atoms with Crippen LogP contribution in [0.4, 0.5) is 0 Å². The van der Waals surface area contributed by atoms with E-state index in [4.69, 9.17) is 9.47 Å². The molecule has 0 aliphatic heterocycles. The lowest BCUT2D eigenvalue weighted by molar-refractivity contribution is -0.186. The van der Waals surface area contributed by atoms with Gasteiger partial charge < -0.3 is 14.5 Å². The summed E-state index contributed by atoms with van der Waals surface area (Å²) < 4.78 is 11.5. The average Bonchev–Trinajstić information content (AvgIpc) is 2.96. The normalized spacial score (nSPS) is 18.8. The first-order valence-corrected chi connectivity index (χ1v) is 10.1. The highest BCUT2D eigenvalue weighted by molar-refractivity contribution is 6.02. The minimum absolute atomic E-state index is 0.189. The third-order valence-electron chi connectivity index (χ3n) is 5.13. The molecule has 1 unspecified atom stereocenters. The van der Waals surface area contributed by atoms with E-state index >= 15 is 0 Å². The number of allylic oxidation sites excluding steroid dienone is 1. The van der Waals surface area contributed by atoms with E-state index in [0.29, 0.717) is 0 Å². The van der Waals surface area contributed by atoms with Crippen LogP contribution in [0.1, 0.15) is 65.1 Å². The van der Waals surface area contributed by atoms with Crippen LogP contribution in [0.3, 0.4) is 0 Å². The Hall–Kier alpha value is -2.56. The largest absolute Gasteiger partial charge is 0.459 e. The number of aromatic amines is 1. The number of para-hydroxylation sites is 1. The molecule has 0 radical (unpaired) electrons. The van der Waals surface area contributed by atoms with E-state index in [9.17, 15) is 9.59 Å². The Labute approximate surface area is 172 Å². The second-order valence-corrected chi connectivity index (χ2v) is 9.87. The van der Waals surface area contributed by atoms with Crippen LogP contribution in [0.25, 0.3) is 10.9 Å². The van der Waals surface area contributed by atoms with Gasteiger partial charge in [0.2, 0.25) is 0 Å². The average molecular weight is 398 g/mol. The molecule has 0 spiro atoms. The van der Waals surface area contributed by atoms with Crippen molar-refractivity contribution in [1.29, 1.82) is 0 Å². The number of benzene rings is 1. The number of hydrogen-bond donors (Lipinski definition) is 1. The van der Waals surface area contributed by atoms with Gasteiger partial charge in [-0.05, 0) is 59.6 Å². The Balaban J connectivity index is 2.16. The van der Waals surface area contributed by atoms with E-state index in [1.165, 1.54) is 0 Å². The van der Waals surface area contributed by atoms with Gasteiger partial charge in [0.05, 0.1) is 0 Å². The van der Waals surface area contributed by atoms with Crippen LogP contribution in [0.15, 0.2) is 36.9 Å². The second-order valence-electron chi connectivity index (χ2n) is 9.87. The number of carbonyl (C=O) groups excluding carboxylic acids is 2. The molecule has 0 saturated carbocycles. The summed E-state index contributed by atoms with van der Waals surface area (Å²) in [5.74, 6) is -1.27. The van der Waals surface area contributed by atoms with Gasteiger partial charge in [-0.1, -0.05) is 24.3 Å². The van der Waals surface area contributed by atoms with Crippen LogP contribution >= 0.6 is 0 Å². The van der Waals surface area contributed by atoms with Gasteiger partial charge in [0.15, 0.2) is 5.41 Å². The SMILES string of the molecule is C=CC1CC(C(=O)OC(C)(C)C)(C(=O)OC(C)(C)C)Cc2c1[nH]c1ccccc21. The van der Waals surface area contributed by atoms with E-state index in [2.05, 4.69) is 11.6 Å². The van der Waals surface area contributed by atoms with E-state index < -0.39 is 28.6 Å². The minimum Gasteiger partial charge on any atom is -0.459 e. The number of H-pyrrole nitrogens is 1. The maximum atomic E-state index is 13.4. The van der Waals surface area contributed by atoms with E-state index in [1.54, 1.807) is 47.6 Å². The zero-order valence-corrected chi connectivity index (χ0v) is 18.2. The molecule has 0 fully saturated rings. The van der Waals surface area contributed by atoms with Gasteiger partial charge in [-0.25, -0.2) is 0 Å². The number of fused-ring (bicyclic) bond motifs is 3. The number of nitrogens with one attached hydrogen (secondary N) is 1. The lowest BCUT2D eigenvalue weighted by Crippen LogP contribution is -2.50. The topological polar surface area (TPSA) is 68.4 Å². The van der Waals surface area contributed by atoms with Crippen molar-refractivity contribution >= 4 is 22.8 Å². The first-order chi connectivity index (χ1) is 13.4. The van der Waals surface area contributed by atoms with Gasteiger partial charge in [-0.3, -0.25) is 9.59 Å². The highest BCUT2D eigenvalue weighted by Gasteiger charge is 2.55. The van der Waals surface area contributed by atoms with Crippen molar-refractivity contribution in [1.82, 2.24) is 4.98 Å². The van der Waals surface area contributed by atoms with Crippen molar-refractivity contribution in [2.24, 2.45) is 5.41 Å². The molecule has 1 aliphatic rings. The zero-order chi connectivity index (χ0) is 21.6. The number of hydrogen-bond acceptors (Lipinski definition) is 4. The van der Waals surface area contributed by atoms with Crippen molar-refractivity contribution in [3.05, 3.63) is 48.2 Å². The number of carbonyl (C=O) groups is 2. The molecule has 1 aromatic carbocycles. The minimum atomic E-state index is -1.42. The van der Waals surface area contributed by atoms with E-state index in [1.807, 2.05) is 24.3 Å². The highest BCUT2D eigenvalue weighted by Crippen LogP contribution is 2.47. The Morgan fingerprint density at radius 1 is 1.07 bits per heavy atom. The van der Waals surface area contributed by atoms with Gasteiger partial charge in [0.1, 0.15) is 11.2 Å². The summed E-state index contributed by atoms with van der Waals surface area (Å²) >= 11 is 0. The second kappa shape index (κ2) is 7.05. The van der Waals surface area contributed by atoms with E-state index in [-0.39, 0.29) is 18.8 Å². The molecule has 1 heterocycles. The number of esters is 2. The summed E-state index contributed by atoms with van der Waals surface area (Å²) in [5, 5.41) is 1.01. The maximum Gasteiger partial charge on any atom is 0.324 e. The predicted molar refractivity (Wildman–Crippen MR) is 114 cm³/mol. The predicted octanol–water partition coefficient (Wildman–Crippen LogP) is 5.05. The fourth-order valence-corrected chi connectivity index (χ4v) is 3.93. The Morgan fingerprint density at radius 3 is 2.14 bits per heavy atom. The fourth-order valence-electron chi connectivity index (χ4n) is 3.93. The quantitative estimate of drug-likeness (QED) is 0.447. The molecular formula is C24H31NO4. The molecule has 0 bridgehead atoms. The molecule has 5 heteroatoms. The summed E-state index contributed by atoms with van der Waals surface area (Å²) in [7, 11) is 0. The summed E-state index contributed by atoms with van der Waals surface area (Å²) in [5.41, 5.74) is 0.0927. The molecule has 1 aliphatic carbocycles. The van der Waals surface area contributed by atoms with Gasteiger partial charge >= 0.3 is 11.9 Å². The monoisotopic (exact) mass is 397 g/mol. The molecule has 1 atom stereocenters. The zero-order valence-electron chi connectivity index (χ0n) is 18.2. The standard InChI is InChI=1S/C24H31NO4/c1-8-15-13-24(20(26)28-22(2,3)4,21(27)29-23(5,6)7)14-17-16-11-9-10-12-18(16)25-19(15)17/h8-12,15,25H,1,13-14H2,2-7H3. The van der Waals surface area contributed by atoms with Crippen molar-refractivity contribution in [2.45, 2.75) is 71.5 Å². The molecule has 156 valence electrons. The van der Waals surface area contributed by atoms with Crippen LogP contribution < -0.4 is 0 Å². The third-order valence-corrected chi connectivity index (χ3v) is 5.13. The fraction of sp³-hybridized carbons (Fsp3) is 0.500. The summed E-state index contributed by atoms with van der Waals surface area (Å²) in [6.45, 7) is 14.8. The van der Waals surface area contributed by atoms with Gasteiger partial charge in [0, 0.05) is 28.9 Å². The number of aromatic nitrogens is 1. The molecule has 1 N–H and O–H groups in total. The number of rotatable bonds is 3. The maximum absolute atomic E-state index is 13.4. The van der Waals surface area contributed by atoms with Crippen LogP contribution in [-0.2, 0) is 25.5 Å². The van der Waals surface area contributed by atoms with Crippen LogP contribution in [0.2, 0.25) is 0 Å². The van der Waals surface area contributed by atoms with Gasteiger partial charge in [0.25, 0.3) is 0 Å². The molecule has 1 aromatic heterocycles. The summed E-state index contributed by atoms with van der Waals surface area (Å²) in [6, 6.07) is 7.92. The van der Waals surface area contributed by atoms with Crippen LogP contribution in [-0.4, -0.2) is 28.1 Å². The summed E-state index contributed by atoms with van der Waals surface area (Å²) in [6.07, 6.45) is 2.29. The molecule has 2 aromatic rings. The smallest absolute Gasteiger partial charge is 0.324 e. The van der Waals surface area contributed by atoms with Crippen molar-refractivity contribution in [2.75, 3.05) is 0 Å². The van der Waals surface area contributed by atoms with Gasteiger partial charge in [-0.2, -0.15) is 0 Å². The molecule has 29 heavy (non-hydrogen) atoms. The first kappa shape index (κ1) is 21.2. The van der Waals surface area contributed by atoms with Crippen molar-refractivity contribution < 1.29 is 19.1 Å². The third kappa shape index (κ3) is 4.09. The Morgan fingerprint density at radius 2 is 1.62 bits per heavy atom. The van der Waals surface area contributed by atoms with Crippen LogP contribution in [0, 0.1) is 5.41 Å². The Bertz CT molecular complexity index is 927.